The Morgan fingerprint density at radius 2 is 1.81 bits per heavy atom. The average molecular weight is 428 g/mol. The summed E-state index contributed by atoms with van der Waals surface area (Å²) in [5, 5.41) is 4.67. The highest BCUT2D eigenvalue weighted by Gasteiger charge is 2.34. The monoisotopic (exact) mass is 427 g/mol. The minimum atomic E-state index is -0.479. The second kappa shape index (κ2) is 9.98. The van der Waals surface area contributed by atoms with Gasteiger partial charge in [0.05, 0.1) is 19.4 Å². The van der Waals surface area contributed by atoms with E-state index < -0.39 is 5.97 Å². The molecule has 0 saturated heterocycles. The van der Waals surface area contributed by atoms with Crippen molar-refractivity contribution in [2.75, 3.05) is 18.6 Å². The minimum Gasteiger partial charge on any atom is -0.497 e. The molecule has 1 aliphatic rings. The van der Waals surface area contributed by atoms with Crippen LogP contribution in [0.5, 0.6) is 5.75 Å². The van der Waals surface area contributed by atoms with Crippen LogP contribution in [-0.4, -0.2) is 41.4 Å². The Kier molecular flexibility index (Phi) is 7.36. The molecule has 0 atom stereocenters. The lowest BCUT2D eigenvalue weighted by Crippen LogP contribution is -2.43. The summed E-state index contributed by atoms with van der Waals surface area (Å²) in [6.45, 7) is 8.15. The largest absolute Gasteiger partial charge is 0.497 e. The van der Waals surface area contributed by atoms with Crippen molar-refractivity contribution in [2.45, 2.75) is 59.4 Å². The van der Waals surface area contributed by atoms with Crippen LogP contribution in [0.2, 0.25) is 0 Å². The van der Waals surface area contributed by atoms with Crippen LogP contribution in [0.1, 0.15) is 63.7 Å². The van der Waals surface area contributed by atoms with E-state index in [1.807, 2.05) is 38.1 Å². The third-order valence-electron chi connectivity index (χ3n) is 5.87. The lowest BCUT2D eigenvalue weighted by molar-refractivity contribution is -0.123. The molecule has 0 spiro atoms. The third-order valence-corrected chi connectivity index (χ3v) is 5.87. The number of amides is 1. The minimum absolute atomic E-state index is 0.0347. The Hall–Kier alpha value is -2.83. The van der Waals surface area contributed by atoms with E-state index in [1.165, 1.54) is 0 Å². The van der Waals surface area contributed by atoms with Gasteiger partial charge in [-0.1, -0.05) is 6.92 Å². The quantitative estimate of drug-likeness (QED) is 0.603. The van der Waals surface area contributed by atoms with E-state index in [1.54, 1.807) is 29.8 Å². The molecule has 1 heterocycles. The van der Waals surface area contributed by atoms with E-state index in [0.717, 1.165) is 37.1 Å². The van der Waals surface area contributed by atoms with Gasteiger partial charge >= 0.3 is 5.97 Å². The average Bonchev–Trinajstić information content (AvgIpc) is 3.19. The van der Waals surface area contributed by atoms with E-state index in [2.05, 4.69) is 12.0 Å². The van der Waals surface area contributed by atoms with Crippen LogP contribution in [0.4, 0.5) is 5.82 Å². The molecule has 168 valence electrons. The highest BCUT2D eigenvalue weighted by molar-refractivity contribution is 6.02. The maximum absolute atomic E-state index is 13.5. The molecule has 1 amide bonds. The predicted molar refractivity (Wildman–Crippen MR) is 120 cm³/mol. The molecule has 2 aromatic rings. The van der Waals surface area contributed by atoms with Crippen molar-refractivity contribution in [3.63, 3.8) is 0 Å². The van der Waals surface area contributed by atoms with Crippen molar-refractivity contribution in [3.8, 4) is 11.4 Å². The highest BCUT2D eigenvalue weighted by atomic mass is 16.5. The molecule has 1 aromatic carbocycles. The number of carbonyl (C=O) groups is 2. The van der Waals surface area contributed by atoms with E-state index in [4.69, 9.17) is 9.47 Å². The van der Waals surface area contributed by atoms with Crippen molar-refractivity contribution in [3.05, 3.63) is 36.0 Å². The van der Waals surface area contributed by atoms with Gasteiger partial charge in [-0.2, -0.15) is 0 Å². The Morgan fingerprint density at radius 3 is 2.35 bits per heavy atom. The first-order valence-electron chi connectivity index (χ1n) is 11.1. The van der Waals surface area contributed by atoms with Crippen LogP contribution in [0, 0.1) is 11.8 Å². The van der Waals surface area contributed by atoms with Gasteiger partial charge in [-0.05, 0) is 76.6 Å². The smallest absolute Gasteiger partial charge is 0.343 e. The molecular formula is C24H33N3O4. The molecule has 0 unspecified atom stereocenters. The van der Waals surface area contributed by atoms with Gasteiger partial charge in [0.25, 0.3) is 0 Å². The van der Waals surface area contributed by atoms with Crippen LogP contribution < -0.4 is 9.64 Å². The number of esters is 1. The zero-order valence-electron chi connectivity index (χ0n) is 19.1. The number of hydrogen-bond donors (Lipinski definition) is 0. The first-order chi connectivity index (χ1) is 14.8. The number of aromatic nitrogens is 2. The third kappa shape index (κ3) is 5.09. The van der Waals surface area contributed by atoms with Gasteiger partial charge in [-0.3, -0.25) is 9.69 Å². The highest BCUT2D eigenvalue weighted by Crippen LogP contribution is 2.33. The number of rotatable bonds is 7. The van der Waals surface area contributed by atoms with Gasteiger partial charge in [-0.15, -0.1) is 5.10 Å². The summed E-state index contributed by atoms with van der Waals surface area (Å²) in [7, 11) is 1.61. The van der Waals surface area contributed by atoms with Crippen molar-refractivity contribution >= 4 is 17.7 Å². The number of methoxy groups -OCH3 is 1. The molecule has 1 aromatic heterocycles. The summed E-state index contributed by atoms with van der Waals surface area (Å²) in [6, 6.07) is 7.23. The van der Waals surface area contributed by atoms with Crippen LogP contribution in [0.15, 0.2) is 30.5 Å². The number of nitrogens with zero attached hydrogens (tertiary/aromatic N) is 3. The van der Waals surface area contributed by atoms with Crippen LogP contribution in [0.3, 0.4) is 0 Å². The normalized spacial score (nSPS) is 18.6. The molecule has 3 rings (SSSR count). The lowest BCUT2D eigenvalue weighted by Gasteiger charge is -2.32. The molecule has 0 aliphatic heterocycles. The van der Waals surface area contributed by atoms with Crippen LogP contribution in [-0.2, 0) is 9.53 Å². The van der Waals surface area contributed by atoms with E-state index in [-0.39, 0.29) is 24.5 Å². The molecule has 1 fully saturated rings. The second-order valence-corrected chi connectivity index (χ2v) is 8.49. The summed E-state index contributed by atoms with van der Waals surface area (Å²) in [5.41, 5.74) is 1.06. The lowest BCUT2D eigenvalue weighted by atomic mass is 9.82. The second-order valence-electron chi connectivity index (χ2n) is 8.49. The Bertz CT molecular complexity index is 896. The summed E-state index contributed by atoms with van der Waals surface area (Å²) >= 11 is 0. The van der Waals surface area contributed by atoms with Crippen LogP contribution in [0.25, 0.3) is 5.69 Å². The van der Waals surface area contributed by atoms with Gasteiger partial charge in [0.2, 0.25) is 5.91 Å². The molecule has 1 saturated carbocycles. The molecule has 31 heavy (non-hydrogen) atoms. The van der Waals surface area contributed by atoms with Gasteiger partial charge in [0, 0.05) is 18.2 Å². The topological polar surface area (TPSA) is 73.7 Å². The van der Waals surface area contributed by atoms with E-state index in [0.29, 0.717) is 17.3 Å². The predicted octanol–water partition coefficient (Wildman–Crippen LogP) is 4.63. The Morgan fingerprint density at radius 1 is 1.16 bits per heavy atom. The number of ether oxygens (including phenoxy) is 2. The van der Waals surface area contributed by atoms with E-state index >= 15 is 0 Å². The van der Waals surface area contributed by atoms with Gasteiger partial charge in [0.1, 0.15) is 11.3 Å². The zero-order valence-corrected chi connectivity index (χ0v) is 19.1. The molecule has 7 heteroatoms. The first kappa shape index (κ1) is 22.8. The van der Waals surface area contributed by atoms with Gasteiger partial charge in [0.15, 0.2) is 5.82 Å². The van der Waals surface area contributed by atoms with Crippen LogP contribution >= 0.6 is 0 Å². The Balaban J connectivity index is 2.01. The maximum Gasteiger partial charge on any atom is 0.343 e. The van der Waals surface area contributed by atoms with Gasteiger partial charge in [-0.25, -0.2) is 9.48 Å². The summed E-state index contributed by atoms with van der Waals surface area (Å²) < 4.78 is 12.1. The SMILES string of the molecule is CCOC(=O)c1cn(-c2ccc(OC)cc2)nc1N(C(=O)[C@H]1CC[C@H](C)CC1)C(C)C. The summed E-state index contributed by atoms with van der Waals surface area (Å²) in [4.78, 5) is 27.9. The van der Waals surface area contributed by atoms with Crippen molar-refractivity contribution in [1.82, 2.24) is 9.78 Å². The summed E-state index contributed by atoms with van der Waals surface area (Å²) in [5.74, 6) is 1.25. The number of benzene rings is 1. The molecule has 7 nitrogen and oxygen atoms in total. The molecular weight excluding hydrogens is 394 g/mol. The zero-order chi connectivity index (χ0) is 22.5. The summed E-state index contributed by atoms with van der Waals surface area (Å²) in [6.07, 6.45) is 5.48. The number of hydrogen-bond acceptors (Lipinski definition) is 5. The fourth-order valence-electron chi connectivity index (χ4n) is 4.07. The maximum atomic E-state index is 13.5. The van der Waals surface area contributed by atoms with Crippen molar-refractivity contribution in [2.24, 2.45) is 11.8 Å². The first-order valence-corrected chi connectivity index (χ1v) is 11.1. The Labute approximate surface area is 184 Å². The molecule has 0 bridgehead atoms. The molecule has 0 N–H and O–H groups in total. The number of anilines is 1. The van der Waals surface area contributed by atoms with Crippen molar-refractivity contribution in [1.29, 1.82) is 0 Å². The fourth-order valence-corrected chi connectivity index (χ4v) is 4.07. The number of carbonyl (C=O) groups excluding carboxylic acids is 2. The van der Waals surface area contributed by atoms with Gasteiger partial charge < -0.3 is 9.47 Å². The van der Waals surface area contributed by atoms with Crippen molar-refractivity contribution < 1.29 is 19.1 Å². The fraction of sp³-hybridized carbons (Fsp3) is 0.542. The van der Waals surface area contributed by atoms with E-state index in [9.17, 15) is 9.59 Å². The standard InChI is InChI=1S/C24H33N3O4/c1-6-31-24(29)21-15-26(19-11-13-20(30-5)14-12-19)25-22(21)27(16(2)3)23(28)18-9-7-17(4)8-10-18/h11-18H,6-10H2,1-5H3/t17-,18-. The molecule has 1 aliphatic carbocycles. The molecule has 0 radical (unpaired) electrons.